The lowest BCUT2D eigenvalue weighted by Crippen LogP contribution is -2.14. The highest BCUT2D eigenvalue weighted by molar-refractivity contribution is 5.92. The van der Waals surface area contributed by atoms with Crippen LogP contribution in [0.1, 0.15) is 17.9 Å². The summed E-state index contributed by atoms with van der Waals surface area (Å²) in [6.07, 6.45) is 0.109. The molecule has 28 heavy (non-hydrogen) atoms. The molecule has 0 aliphatic carbocycles. The van der Waals surface area contributed by atoms with Crippen LogP contribution in [0.2, 0.25) is 0 Å². The topological polar surface area (TPSA) is 77.2 Å². The molecule has 1 aromatic heterocycles. The van der Waals surface area contributed by atoms with E-state index in [1.807, 2.05) is 0 Å². The van der Waals surface area contributed by atoms with E-state index in [2.05, 4.69) is 20.2 Å². The predicted octanol–water partition coefficient (Wildman–Crippen LogP) is 4.36. The molecule has 2 aromatic carbocycles. The van der Waals surface area contributed by atoms with Crippen molar-refractivity contribution in [2.45, 2.75) is 26.4 Å². The summed E-state index contributed by atoms with van der Waals surface area (Å²) in [4.78, 5) is 16.2. The molecule has 146 valence electrons. The number of hydrogen-bond donors (Lipinski definition) is 1. The van der Waals surface area contributed by atoms with Crippen LogP contribution < -0.4 is 10.1 Å². The van der Waals surface area contributed by atoms with Gasteiger partial charge in [-0.2, -0.15) is 13.8 Å². The van der Waals surface area contributed by atoms with Crippen LogP contribution in [0.15, 0.2) is 47.0 Å². The highest BCUT2D eigenvalue weighted by Gasteiger charge is 2.14. The molecule has 3 rings (SSSR count). The number of carbonyl (C=O) groups is 1. The number of para-hydroxylation sites is 2. The molecule has 0 saturated carbocycles. The van der Waals surface area contributed by atoms with Crippen molar-refractivity contribution in [3.05, 3.63) is 59.7 Å². The van der Waals surface area contributed by atoms with Crippen LogP contribution in [-0.4, -0.2) is 22.7 Å². The molecule has 3 aromatic rings. The van der Waals surface area contributed by atoms with Gasteiger partial charge in [0, 0.05) is 18.4 Å². The van der Waals surface area contributed by atoms with Gasteiger partial charge in [0.25, 0.3) is 0 Å². The maximum Gasteiger partial charge on any atom is 0.387 e. The van der Waals surface area contributed by atoms with E-state index in [0.29, 0.717) is 11.1 Å². The average molecular weight is 391 g/mol. The van der Waals surface area contributed by atoms with E-state index in [4.69, 9.17) is 4.52 Å². The Hall–Kier alpha value is -3.36. The van der Waals surface area contributed by atoms with Crippen molar-refractivity contribution < 1.29 is 27.2 Å². The molecule has 0 aliphatic rings. The molecule has 0 aliphatic heterocycles. The first kappa shape index (κ1) is 19.4. The van der Waals surface area contributed by atoms with Gasteiger partial charge in [-0.3, -0.25) is 4.79 Å². The number of carbonyl (C=O) groups excluding carboxylic acids is 1. The smallest absolute Gasteiger partial charge is 0.387 e. The number of amides is 1. The van der Waals surface area contributed by atoms with Gasteiger partial charge in [-0.25, -0.2) is 4.39 Å². The van der Waals surface area contributed by atoms with E-state index in [1.165, 1.54) is 24.3 Å². The first-order valence-electron chi connectivity index (χ1n) is 8.35. The molecule has 0 fully saturated rings. The van der Waals surface area contributed by atoms with Gasteiger partial charge in [0.15, 0.2) is 0 Å². The van der Waals surface area contributed by atoms with Crippen LogP contribution in [0.3, 0.4) is 0 Å². The number of anilines is 1. The fourth-order valence-electron chi connectivity index (χ4n) is 2.41. The average Bonchev–Trinajstić information content (AvgIpc) is 3.12. The second kappa shape index (κ2) is 8.55. The molecular formula is C19H16F3N3O3. The maximum atomic E-state index is 13.6. The summed E-state index contributed by atoms with van der Waals surface area (Å²) < 4.78 is 47.9. The number of rotatable bonds is 7. The van der Waals surface area contributed by atoms with E-state index in [1.54, 1.807) is 25.1 Å². The quantitative estimate of drug-likeness (QED) is 0.648. The molecule has 9 heteroatoms. The molecular weight excluding hydrogens is 375 g/mol. The lowest BCUT2D eigenvalue weighted by atomic mass is 10.1. The van der Waals surface area contributed by atoms with Crippen molar-refractivity contribution in [1.82, 2.24) is 10.1 Å². The maximum absolute atomic E-state index is 13.6. The Labute approximate surface area is 158 Å². The van der Waals surface area contributed by atoms with Crippen LogP contribution in [0.4, 0.5) is 18.9 Å². The minimum absolute atomic E-state index is 0.0209. The van der Waals surface area contributed by atoms with Crippen LogP contribution in [-0.2, 0) is 11.2 Å². The van der Waals surface area contributed by atoms with E-state index < -0.39 is 12.5 Å². The summed E-state index contributed by atoms with van der Waals surface area (Å²) >= 11 is 0. The second-order valence-corrected chi connectivity index (χ2v) is 5.90. The summed E-state index contributed by atoms with van der Waals surface area (Å²) in [5.74, 6) is -0.542. The van der Waals surface area contributed by atoms with Crippen LogP contribution in [0, 0.1) is 12.7 Å². The molecule has 0 spiro atoms. The van der Waals surface area contributed by atoms with E-state index in [-0.39, 0.29) is 41.8 Å². The third-order valence-electron chi connectivity index (χ3n) is 3.84. The third-order valence-corrected chi connectivity index (χ3v) is 3.84. The van der Waals surface area contributed by atoms with E-state index in [9.17, 15) is 18.0 Å². The number of benzene rings is 2. The van der Waals surface area contributed by atoms with Crippen molar-refractivity contribution in [3.63, 3.8) is 0 Å². The minimum Gasteiger partial charge on any atom is -0.433 e. The van der Waals surface area contributed by atoms with Gasteiger partial charge in [-0.15, -0.1) is 0 Å². The van der Waals surface area contributed by atoms with Crippen molar-refractivity contribution in [2.75, 3.05) is 5.32 Å². The fourth-order valence-corrected chi connectivity index (χ4v) is 2.41. The van der Waals surface area contributed by atoms with E-state index >= 15 is 0 Å². The summed E-state index contributed by atoms with van der Waals surface area (Å²) in [6.45, 7) is -1.36. The van der Waals surface area contributed by atoms with Crippen molar-refractivity contribution >= 4 is 11.6 Å². The summed E-state index contributed by atoms with van der Waals surface area (Å²) in [7, 11) is 0. The fraction of sp³-hybridized carbons (Fsp3) is 0.211. The number of halogens is 3. The molecule has 0 atom stereocenters. The number of hydrogen-bond acceptors (Lipinski definition) is 5. The Morgan fingerprint density at radius 1 is 1.25 bits per heavy atom. The van der Waals surface area contributed by atoms with Crippen LogP contribution in [0.25, 0.3) is 11.4 Å². The van der Waals surface area contributed by atoms with Gasteiger partial charge in [0.1, 0.15) is 11.6 Å². The van der Waals surface area contributed by atoms with Gasteiger partial charge in [-0.05, 0) is 30.7 Å². The van der Waals surface area contributed by atoms with E-state index in [0.717, 1.165) is 0 Å². The Kier molecular flexibility index (Phi) is 5.93. The lowest BCUT2D eigenvalue weighted by molar-refractivity contribution is -0.116. The SMILES string of the molecule is Cc1ccc(-c2noc(CCC(=O)Nc3ccccc3OC(F)F)n2)cc1F. The van der Waals surface area contributed by atoms with Crippen LogP contribution >= 0.6 is 0 Å². The number of aryl methyl sites for hydroxylation is 2. The molecule has 0 bridgehead atoms. The zero-order chi connectivity index (χ0) is 20.1. The first-order chi connectivity index (χ1) is 13.4. The summed E-state index contributed by atoms with van der Waals surface area (Å²) in [5.41, 5.74) is 1.09. The molecule has 0 radical (unpaired) electrons. The molecule has 1 heterocycles. The number of aromatic nitrogens is 2. The predicted molar refractivity (Wildman–Crippen MR) is 94.5 cm³/mol. The molecule has 0 unspecified atom stereocenters. The summed E-state index contributed by atoms with van der Waals surface area (Å²) in [5, 5.41) is 6.28. The lowest BCUT2D eigenvalue weighted by Gasteiger charge is -2.11. The molecule has 1 amide bonds. The van der Waals surface area contributed by atoms with Gasteiger partial charge in [0.05, 0.1) is 5.69 Å². The van der Waals surface area contributed by atoms with Gasteiger partial charge >= 0.3 is 6.61 Å². The number of nitrogens with one attached hydrogen (secondary N) is 1. The zero-order valence-electron chi connectivity index (χ0n) is 14.8. The Morgan fingerprint density at radius 2 is 2.04 bits per heavy atom. The molecule has 6 nitrogen and oxygen atoms in total. The Bertz CT molecular complexity index is 976. The second-order valence-electron chi connectivity index (χ2n) is 5.90. The van der Waals surface area contributed by atoms with Crippen LogP contribution in [0.5, 0.6) is 5.75 Å². The molecule has 1 N–H and O–H groups in total. The standard InChI is InChI=1S/C19H16F3N3O3/c1-11-6-7-12(10-13(11)20)18-24-17(28-25-18)9-8-16(26)23-14-4-2-3-5-15(14)27-19(21)22/h2-7,10,19H,8-9H2,1H3,(H,23,26). The first-order valence-corrected chi connectivity index (χ1v) is 8.35. The Balaban J connectivity index is 1.60. The highest BCUT2D eigenvalue weighted by Crippen LogP contribution is 2.26. The monoisotopic (exact) mass is 391 g/mol. The van der Waals surface area contributed by atoms with Crippen molar-refractivity contribution in [1.29, 1.82) is 0 Å². The third kappa shape index (κ3) is 4.87. The highest BCUT2D eigenvalue weighted by atomic mass is 19.3. The van der Waals surface area contributed by atoms with Gasteiger partial charge in [-0.1, -0.05) is 29.4 Å². The number of alkyl halides is 2. The Morgan fingerprint density at radius 3 is 2.79 bits per heavy atom. The largest absolute Gasteiger partial charge is 0.433 e. The van der Waals surface area contributed by atoms with Gasteiger partial charge in [0.2, 0.25) is 17.6 Å². The summed E-state index contributed by atoms with van der Waals surface area (Å²) in [6, 6.07) is 10.4. The normalized spacial score (nSPS) is 10.9. The number of nitrogens with zero attached hydrogens (tertiary/aromatic N) is 2. The number of ether oxygens (including phenoxy) is 1. The minimum atomic E-state index is -3.00. The van der Waals surface area contributed by atoms with Gasteiger partial charge < -0.3 is 14.6 Å². The van der Waals surface area contributed by atoms with Crippen molar-refractivity contribution in [3.8, 4) is 17.1 Å². The van der Waals surface area contributed by atoms with Crippen molar-refractivity contribution in [2.24, 2.45) is 0 Å². The molecule has 0 saturated heterocycles. The zero-order valence-corrected chi connectivity index (χ0v) is 14.8.